The van der Waals surface area contributed by atoms with E-state index < -0.39 is 0 Å². The number of rotatable bonds is 2. The van der Waals surface area contributed by atoms with E-state index in [-0.39, 0.29) is 0 Å². The van der Waals surface area contributed by atoms with Gasteiger partial charge in [0.1, 0.15) is 0 Å². The van der Waals surface area contributed by atoms with Gasteiger partial charge < -0.3 is 0 Å². The van der Waals surface area contributed by atoms with Crippen molar-refractivity contribution in [2.24, 2.45) is 0 Å². The topological polar surface area (TPSA) is 0 Å². The van der Waals surface area contributed by atoms with Crippen LogP contribution in [0.5, 0.6) is 0 Å². The van der Waals surface area contributed by atoms with Gasteiger partial charge in [0.2, 0.25) is 0 Å². The van der Waals surface area contributed by atoms with E-state index in [2.05, 4.69) is 41.8 Å². The van der Waals surface area contributed by atoms with E-state index in [4.69, 9.17) is 0 Å². The lowest BCUT2D eigenvalue weighted by Crippen LogP contribution is -1.55. The van der Waals surface area contributed by atoms with Gasteiger partial charge in [0.15, 0.2) is 0 Å². The van der Waals surface area contributed by atoms with Crippen molar-refractivity contribution in [3.05, 3.63) is 33.8 Å². The quantitative estimate of drug-likeness (QED) is 0.426. The van der Waals surface area contributed by atoms with Gasteiger partial charge in [-0.1, -0.05) is 35.2 Å². The van der Waals surface area contributed by atoms with Crippen LogP contribution in [0.2, 0.25) is 0 Å². The molecule has 0 bridgehead atoms. The Morgan fingerprint density at radius 2 is 2.25 bits per heavy atom. The third-order valence-electron chi connectivity index (χ3n) is 0.522. The second kappa shape index (κ2) is 5.44. The smallest absolute Gasteiger partial charge is 0.00442 e. The zero-order valence-electron chi connectivity index (χ0n) is 4.34. The van der Waals surface area contributed by atoms with Crippen molar-refractivity contribution in [1.29, 1.82) is 0 Å². The normalized spacial score (nSPS) is 12.5. The maximum Gasteiger partial charge on any atom is 0.00442 e. The highest BCUT2D eigenvalue weighted by atomic mass is 127. The van der Waals surface area contributed by atoms with Crippen molar-refractivity contribution in [1.82, 2.24) is 0 Å². The Hall–Kier alpha value is 0.300. The lowest BCUT2D eigenvalue weighted by atomic mass is 10.5. The molecule has 2 heteroatoms. The number of hydrogen-bond acceptors (Lipinski definition) is 1. The lowest BCUT2D eigenvalue weighted by Gasteiger charge is -1.81. The van der Waals surface area contributed by atoms with Gasteiger partial charge in [-0.3, -0.25) is 0 Å². The van der Waals surface area contributed by atoms with Crippen LogP contribution in [-0.2, 0) is 0 Å². The van der Waals surface area contributed by atoms with Crippen LogP contribution in [-0.4, -0.2) is 0 Å². The summed E-state index contributed by atoms with van der Waals surface area (Å²) in [5, 5.41) is 0. The van der Waals surface area contributed by atoms with Crippen LogP contribution in [0.25, 0.3) is 0 Å². The second-order valence-electron chi connectivity index (χ2n) is 1.12. The molecule has 0 spiro atoms. The van der Waals surface area contributed by atoms with Crippen molar-refractivity contribution in [3.8, 4) is 0 Å². The molecule has 8 heavy (non-hydrogen) atoms. The Balaban J connectivity index is 3.79. The first-order chi connectivity index (χ1) is 3.81. The van der Waals surface area contributed by atoms with Crippen molar-refractivity contribution in [3.63, 3.8) is 0 Å². The molecule has 0 saturated carbocycles. The fourth-order valence-electron chi connectivity index (χ4n) is 0.241. The fraction of sp³-hybridized carbons (Fsp3) is 0. The predicted molar refractivity (Wildman–Crippen MR) is 50.4 cm³/mol. The Morgan fingerprint density at radius 3 is 2.62 bits per heavy atom. The SMILES string of the molecule is C=C/C=C(S)\C=C/I. The van der Waals surface area contributed by atoms with Crippen molar-refractivity contribution in [2.45, 2.75) is 0 Å². The average molecular weight is 238 g/mol. The standard InChI is InChI=1S/C6H7IS/c1-2-3-6(8)4-5-7/h2-5,8H,1H2/b5-4-,6-3+. The van der Waals surface area contributed by atoms with Crippen LogP contribution >= 0.6 is 35.2 Å². The molecule has 0 N–H and O–H groups in total. The van der Waals surface area contributed by atoms with E-state index >= 15 is 0 Å². The van der Waals surface area contributed by atoms with Gasteiger partial charge in [0, 0.05) is 4.91 Å². The van der Waals surface area contributed by atoms with E-state index in [1.807, 2.05) is 16.2 Å². The minimum atomic E-state index is 0.925. The molecule has 0 amide bonds. The molecular formula is C6H7IS. The van der Waals surface area contributed by atoms with Gasteiger partial charge in [0.25, 0.3) is 0 Å². The summed E-state index contributed by atoms with van der Waals surface area (Å²) in [6.07, 6.45) is 5.43. The van der Waals surface area contributed by atoms with Crippen LogP contribution in [0, 0.1) is 0 Å². The highest BCUT2D eigenvalue weighted by Gasteiger charge is 1.73. The van der Waals surface area contributed by atoms with Crippen LogP contribution in [0.3, 0.4) is 0 Å². The van der Waals surface area contributed by atoms with Gasteiger partial charge in [-0.25, -0.2) is 0 Å². The number of halogens is 1. The molecule has 0 aliphatic heterocycles. The molecular weight excluding hydrogens is 231 g/mol. The highest BCUT2D eigenvalue weighted by molar-refractivity contribution is 14.1. The zero-order valence-corrected chi connectivity index (χ0v) is 7.39. The summed E-state index contributed by atoms with van der Waals surface area (Å²) >= 11 is 6.23. The van der Waals surface area contributed by atoms with Crippen LogP contribution in [0.4, 0.5) is 0 Å². The summed E-state index contributed by atoms with van der Waals surface area (Å²) in [5.74, 6) is 0. The molecule has 0 aliphatic carbocycles. The maximum absolute atomic E-state index is 4.09. The molecule has 0 aromatic heterocycles. The second-order valence-corrected chi connectivity index (χ2v) is 2.36. The molecule has 0 rings (SSSR count). The van der Waals surface area contributed by atoms with Crippen molar-refractivity contribution in [2.75, 3.05) is 0 Å². The van der Waals surface area contributed by atoms with Gasteiger partial charge in [-0.05, 0) is 16.2 Å². The summed E-state index contributed by atoms with van der Waals surface area (Å²) in [5.41, 5.74) is 0. The monoisotopic (exact) mass is 238 g/mol. The summed E-state index contributed by atoms with van der Waals surface area (Å²) in [6.45, 7) is 3.52. The van der Waals surface area contributed by atoms with Gasteiger partial charge in [-0.2, -0.15) is 0 Å². The molecule has 0 unspecified atom stereocenters. The Morgan fingerprint density at radius 1 is 1.62 bits per heavy atom. The average Bonchev–Trinajstić information content (AvgIpc) is 1.68. The lowest BCUT2D eigenvalue weighted by molar-refractivity contribution is 1.92. The van der Waals surface area contributed by atoms with Crippen molar-refractivity contribution >= 4 is 35.2 Å². The number of allylic oxidation sites excluding steroid dienone is 3. The minimum Gasteiger partial charge on any atom is -0.143 e. The zero-order chi connectivity index (χ0) is 6.41. The van der Waals surface area contributed by atoms with E-state index in [1.165, 1.54) is 0 Å². The largest absolute Gasteiger partial charge is 0.143 e. The third-order valence-corrected chi connectivity index (χ3v) is 1.18. The van der Waals surface area contributed by atoms with Gasteiger partial charge >= 0.3 is 0 Å². The molecule has 44 valence electrons. The molecule has 0 aromatic rings. The van der Waals surface area contributed by atoms with Crippen LogP contribution in [0.15, 0.2) is 33.8 Å². The summed E-state index contributed by atoms with van der Waals surface area (Å²) in [4.78, 5) is 0.925. The summed E-state index contributed by atoms with van der Waals surface area (Å²) in [7, 11) is 0. The Bertz CT molecular complexity index is 124. The first-order valence-corrected chi connectivity index (χ1v) is 3.79. The summed E-state index contributed by atoms with van der Waals surface area (Å²) in [6, 6.07) is 0. The first kappa shape index (κ1) is 8.30. The Labute approximate surface area is 68.9 Å². The molecule has 0 fully saturated rings. The van der Waals surface area contributed by atoms with Crippen LogP contribution < -0.4 is 0 Å². The van der Waals surface area contributed by atoms with Gasteiger partial charge in [0.05, 0.1) is 0 Å². The highest BCUT2D eigenvalue weighted by Crippen LogP contribution is 2.03. The molecule has 0 heterocycles. The van der Waals surface area contributed by atoms with E-state index in [0.29, 0.717) is 0 Å². The number of thiol groups is 1. The van der Waals surface area contributed by atoms with Gasteiger partial charge in [-0.15, -0.1) is 12.6 Å². The maximum atomic E-state index is 4.09. The van der Waals surface area contributed by atoms with E-state index in [0.717, 1.165) is 4.91 Å². The molecule has 0 aliphatic rings. The molecule has 0 nitrogen and oxygen atoms in total. The van der Waals surface area contributed by atoms with E-state index in [9.17, 15) is 0 Å². The van der Waals surface area contributed by atoms with Crippen molar-refractivity contribution < 1.29 is 0 Å². The Kier molecular flexibility index (Phi) is 5.64. The third kappa shape index (κ3) is 4.46. The van der Waals surface area contributed by atoms with Crippen LogP contribution in [0.1, 0.15) is 0 Å². The van der Waals surface area contributed by atoms with E-state index in [1.54, 1.807) is 6.08 Å². The number of hydrogen-bond donors (Lipinski definition) is 1. The molecule has 0 aromatic carbocycles. The first-order valence-electron chi connectivity index (χ1n) is 2.09. The summed E-state index contributed by atoms with van der Waals surface area (Å²) < 4.78 is 1.90. The molecule has 0 atom stereocenters. The predicted octanol–water partition coefficient (Wildman–Crippen LogP) is 2.93. The fourth-order valence-corrected chi connectivity index (χ4v) is 1.09. The minimum absolute atomic E-state index is 0.925. The molecule has 0 saturated heterocycles. The molecule has 0 radical (unpaired) electrons.